The second-order valence-electron chi connectivity index (χ2n) is 5.06. The monoisotopic (exact) mass is 404 g/mol. The van der Waals surface area contributed by atoms with Crippen LogP contribution in [0, 0.1) is 0 Å². The zero-order chi connectivity index (χ0) is 13.4. The van der Waals surface area contributed by atoms with E-state index in [1.165, 1.54) is 11.1 Å². The summed E-state index contributed by atoms with van der Waals surface area (Å²) in [6.45, 7) is 2.10. The normalized spacial score (nSPS) is 9.05. The smallest absolute Gasteiger partial charge is 1.00 e. The summed E-state index contributed by atoms with van der Waals surface area (Å²) in [5.74, 6) is 0. The predicted octanol–water partition coefficient (Wildman–Crippen LogP) is -3.06. The molecule has 0 aliphatic carbocycles. The van der Waals surface area contributed by atoms with Crippen molar-refractivity contribution in [2.45, 2.75) is 13.1 Å². The molecule has 0 saturated carbocycles. The number of rotatable bonds is 4. The van der Waals surface area contributed by atoms with Crippen LogP contribution in [0.4, 0.5) is 0 Å². The summed E-state index contributed by atoms with van der Waals surface area (Å²) in [5, 5.41) is 0. The third-order valence-electron chi connectivity index (χ3n) is 2.46. The van der Waals surface area contributed by atoms with E-state index in [-0.39, 0.29) is 51.0 Å². The summed E-state index contributed by atoms with van der Waals surface area (Å²) >= 11 is 0. The molecule has 0 amide bonds. The fourth-order valence-electron chi connectivity index (χ4n) is 1.77. The molecule has 0 unspecified atom stereocenters. The zero-order valence-electron chi connectivity index (χ0n) is 13.2. The molecule has 0 saturated heterocycles. The Kier molecular flexibility index (Phi) is 18.6. The first kappa shape index (κ1) is 26.0. The van der Waals surface area contributed by atoms with Crippen LogP contribution in [0.2, 0.25) is 0 Å². The third-order valence-corrected chi connectivity index (χ3v) is 2.46. The maximum absolute atomic E-state index is 2.16. The van der Waals surface area contributed by atoms with Crippen molar-refractivity contribution < 1.29 is 51.0 Å². The van der Waals surface area contributed by atoms with E-state index in [2.05, 4.69) is 86.5 Å². The van der Waals surface area contributed by atoms with E-state index < -0.39 is 0 Å². The molecule has 2 nitrogen and oxygen atoms in total. The van der Waals surface area contributed by atoms with E-state index in [0.717, 1.165) is 13.1 Å². The molecule has 0 atom stereocenters. The molecule has 0 N–H and O–H groups in total. The van der Waals surface area contributed by atoms with Gasteiger partial charge in [0.25, 0.3) is 0 Å². The van der Waals surface area contributed by atoms with Gasteiger partial charge < -0.3 is 34.6 Å². The van der Waals surface area contributed by atoms with Crippen molar-refractivity contribution in [1.29, 1.82) is 0 Å². The molecule has 0 bridgehead atoms. The van der Waals surface area contributed by atoms with E-state index in [0.29, 0.717) is 0 Å². The Hall–Kier alpha value is 0.0831. The molecule has 0 spiro atoms. The van der Waals surface area contributed by atoms with Gasteiger partial charge in [-0.25, -0.2) is 24.3 Å². The molecule has 0 aromatic heterocycles. The number of hydrogen-bond donors (Lipinski definition) is 0. The number of halogens is 2. The summed E-state index contributed by atoms with van der Waals surface area (Å²) in [5.41, 5.74) is 2.78. The molecule has 0 fully saturated rings. The van der Waals surface area contributed by atoms with Gasteiger partial charge >= 0.3 is 26.2 Å². The fourth-order valence-corrected chi connectivity index (χ4v) is 1.77. The SMILES string of the molecule is CN(C)C[c-]1cccc1.CN(C)C[c-]1cccc1.[Cl-].[Cl-].[Zr+4]. The first-order valence-corrected chi connectivity index (χ1v) is 6.28. The third kappa shape index (κ3) is 13.5. The van der Waals surface area contributed by atoms with E-state index in [1.807, 2.05) is 0 Å². The Labute approximate surface area is 161 Å². The van der Waals surface area contributed by atoms with E-state index in [9.17, 15) is 0 Å². The Bertz CT molecular complexity index is 358. The quantitative estimate of drug-likeness (QED) is 0.498. The van der Waals surface area contributed by atoms with Gasteiger partial charge in [-0.1, -0.05) is 0 Å². The Morgan fingerprint density at radius 2 is 0.857 bits per heavy atom. The minimum atomic E-state index is 0. The molecule has 0 radical (unpaired) electrons. The topological polar surface area (TPSA) is 6.48 Å². The molecule has 21 heavy (non-hydrogen) atoms. The van der Waals surface area contributed by atoms with Crippen LogP contribution in [-0.4, -0.2) is 38.0 Å². The summed E-state index contributed by atoms with van der Waals surface area (Å²) in [6, 6.07) is 16.8. The van der Waals surface area contributed by atoms with Crippen molar-refractivity contribution >= 4 is 0 Å². The van der Waals surface area contributed by atoms with Gasteiger partial charge in [0.05, 0.1) is 0 Å². The standard InChI is InChI=1S/2C8H12N.2ClH.Zr/c2*1-9(2)7-8-5-3-4-6-8;;;/h2*3-6H,7H2,1-2H3;2*1H;/q2*-1;;;+4/p-2. The Morgan fingerprint density at radius 1 is 0.619 bits per heavy atom. The van der Waals surface area contributed by atoms with Gasteiger partial charge in [0, 0.05) is 0 Å². The molecular weight excluding hydrogens is 382 g/mol. The minimum Gasteiger partial charge on any atom is -1.00 e. The second kappa shape index (κ2) is 15.0. The van der Waals surface area contributed by atoms with Crippen molar-refractivity contribution in [3.63, 3.8) is 0 Å². The van der Waals surface area contributed by atoms with Gasteiger partial charge in [-0.2, -0.15) is 24.3 Å². The predicted molar refractivity (Wildman–Crippen MR) is 78.9 cm³/mol. The van der Waals surface area contributed by atoms with Crippen molar-refractivity contribution in [3.8, 4) is 0 Å². The van der Waals surface area contributed by atoms with Gasteiger partial charge in [-0.3, -0.25) is 0 Å². The molecule has 116 valence electrons. The van der Waals surface area contributed by atoms with Crippen LogP contribution in [0.3, 0.4) is 0 Å². The van der Waals surface area contributed by atoms with Crippen molar-refractivity contribution in [2.75, 3.05) is 28.2 Å². The van der Waals surface area contributed by atoms with E-state index >= 15 is 0 Å². The van der Waals surface area contributed by atoms with Gasteiger partial charge in [0.2, 0.25) is 0 Å². The molecule has 2 aromatic rings. The van der Waals surface area contributed by atoms with E-state index in [1.54, 1.807) is 0 Å². The summed E-state index contributed by atoms with van der Waals surface area (Å²) in [4.78, 5) is 4.32. The maximum Gasteiger partial charge on any atom is 4.00 e. The molecule has 0 aliphatic heterocycles. The number of hydrogen-bond acceptors (Lipinski definition) is 2. The molecular formula is C16H24Cl2N2Zr. The average Bonchev–Trinajstić information content (AvgIpc) is 2.90. The van der Waals surface area contributed by atoms with Crippen molar-refractivity contribution in [3.05, 3.63) is 59.7 Å². The van der Waals surface area contributed by atoms with Gasteiger partial charge in [0.1, 0.15) is 0 Å². The van der Waals surface area contributed by atoms with Crippen LogP contribution < -0.4 is 24.8 Å². The Balaban J connectivity index is -0.000000270. The molecule has 2 aromatic carbocycles. The van der Waals surface area contributed by atoms with Crippen molar-refractivity contribution in [1.82, 2.24) is 9.80 Å². The van der Waals surface area contributed by atoms with Crippen LogP contribution in [0.25, 0.3) is 0 Å². The molecule has 5 heteroatoms. The van der Waals surface area contributed by atoms with Gasteiger partial charge in [0.15, 0.2) is 0 Å². The van der Waals surface area contributed by atoms with Crippen LogP contribution in [-0.2, 0) is 39.3 Å². The van der Waals surface area contributed by atoms with Crippen LogP contribution in [0.1, 0.15) is 11.1 Å². The summed E-state index contributed by atoms with van der Waals surface area (Å²) < 4.78 is 0. The minimum absolute atomic E-state index is 0. The zero-order valence-corrected chi connectivity index (χ0v) is 17.2. The molecule has 0 heterocycles. The largest absolute Gasteiger partial charge is 4.00 e. The van der Waals surface area contributed by atoms with Crippen LogP contribution in [0.15, 0.2) is 48.5 Å². The first-order valence-electron chi connectivity index (χ1n) is 6.28. The first-order chi connectivity index (χ1) is 8.58. The maximum atomic E-state index is 2.16. The van der Waals surface area contributed by atoms with E-state index in [4.69, 9.17) is 0 Å². The van der Waals surface area contributed by atoms with Crippen LogP contribution in [0.5, 0.6) is 0 Å². The van der Waals surface area contributed by atoms with Gasteiger partial charge in [-0.05, 0) is 41.3 Å². The Morgan fingerprint density at radius 3 is 1.05 bits per heavy atom. The molecule has 0 aliphatic rings. The molecule has 2 rings (SSSR count). The number of nitrogens with zero attached hydrogens (tertiary/aromatic N) is 2. The van der Waals surface area contributed by atoms with Gasteiger partial charge in [-0.15, -0.1) is 11.1 Å². The fraction of sp³-hybridized carbons (Fsp3) is 0.375. The van der Waals surface area contributed by atoms with Crippen LogP contribution >= 0.6 is 0 Å². The second-order valence-corrected chi connectivity index (χ2v) is 5.06. The van der Waals surface area contributed by atoms with Crippen molar-refractivity contribution in [2.24, 2.45) is 0 Å². The average molecular weight is 407 g/mol. The summed E-state index contributed by atoms with van der Waals surface area (Å²) in [7, 11) is 8.31. The summed E-state index contributed by atoms with van der Waals surface area (Å²) in [6.07, 6.45) is 0.